The second kappa shape index (κ2) is 13.4. The first-order valence-electron chi connectivity index (χ1n) is 15.2. The number of nitrogens with zero attached hydrogens (tertiary/aromatic N) is 1. The molecule has 2 aromatic carbocycles. The Kier molecular flexibility index (Phi) is 10.1. The maximum atomic E-state index is 14.0. The van der Waals surface area contributed by atoms with Gasteiger partial charge >= 0.3 is 5.97 Å². The molecule has 10 heteroatoms. The van der Waals surface area contributed by atoms with Crippen molar-refractivity contribution in [1.29, 1.82) is 0 Å². The van der Waals surface area contributed by atoms with Gasteiger partial charge in [0, 0.05) is 11.6 Å². The normalized spacial score (nSPS) is 21.8. The maximum Gasteiger partial charge on any atom is 0.305 e. The topological polar surface area (TPSA) is 125 Å². The summed E-state index contributed by atoms with van der Waals surface area (Å²) in [5, 5.41) is 17.3. The molecule has 232 valence electrons. The maximum absolute atomic E-state index is 14.0. The van der Waals surface area contributed by atoms with Gasteiger partial charge in [0.2, 0.25) is 11.8 Å². The summed E-state index contributed by atoms with van der Waals surface area (Å²) in [4.78, 5) is 54.4. The zero-order chi connectivity index (χ0) is 31.4. The lowest BCUT2D eigenvalue weighted by Crippen LogP contribution is -2.62. The number of fused-ring (bicyclic) bond motifs is 2. The summed E-state index contributed by atoms with van der Waals surface area (Å²) in [5.74, 6) is -2.06. The van der Waals surface area contributed by atoms with Gasteiger partial charge in [-0.2, -0.15) is 0 Å². The van der Waals surface area contributed by atoms with Crippen LogP contribution < -0.4 is 10.6 Å². The molecule has 4 atom stereocenters. The predicted molar refractivity (Wildman–Crippen MR) is 169 cm³/mol. The molecule has 1 fully saturated rings. The van der Waals surface area contributed by atoms with Gasteiger partial charge in [-0.05, 0) is 73.1 Å². The van der Waals surface area contributed by atoms with Gasteiger partial charge < -0.3 is 25.1 Å². The van der Waals surface area contributed by atoms with Crippen LogP contribution >= 0.6 is 0 Å². The highest BCUT2D eigenvalue weighted by molar-refractivity contribution is 6.74. The number of piperidine rings is 1. The van der Waals surface area contributed by atoms with E-state index in [1.54, 1.807) is 11.0 Å². The van der Waals surface area contributed by atoms with Gasteiger partial charge in [0.05, 0.1) is 19.1 Å². The van der Waals surface area contributed by atoms with Gasteiger partial charge in [-0.15, -0.1) is 0 Å². The van der Waals surface area contributed by atoms with Crippen LogP contribution in [0.5, 0.6) is 0 Å². The van der Waals surface area contributed by atoms with E-state index in [0.717, 1.165) is 23.6 Å². The summed E-state index contributed by atoms with van der Waals surface area (Å²) in [7, 11) is -2.19. The van der Waals surface area contributed by atoms with Crippen molar-refractivity contribution in [3.63, 3.8) is 0 Å². The monoisotopic (exact) mass is 607 g/mol. The van der Waals surface area contributed by atoms with Crippen molar-refractivity contribution < 1.29 is 28.7 Å². The molecule has 2 aliphatic rings. The highest BCUT2D eigenvalue weighted by atomic mass is 28.4. The molecule has 9 nitrogen and oxygen atoms in total. The van der Waals surface area contributed by atoms with Crippen LogP contribution in [-0.4, -0.2) is 72.8 Å². The standard InChI is InChI=1S/C33H45N3O6Si/c1-33(2,3)43(4,5)42-21-25(20-29(37)38)34-31(40)28-16-10-14-26-13-8-9-15-27(32(41)36(26)28)35-30(39)24-18-17-22-11-6-7-12-23(22)19-24/h6-9,11-12,17-19,25-28H,10,13-16,20-21H2,1-5H3,(H,34,40)(H,35,39)(H,37,38). The van der Waals surface area contributed by atoms with E-state index in [9.17, 15) is 24.3 Å². The van der Waals surface area contributed by atoms with Gasteiger partial charge in [-0.1, -0.05) is 63.3 Å². The molecule has 2 aliphatic heterocycles. The van der Waals surface area contributed by atoms with Crippen LogP contribution in [0.4, 0.5) is 0 Å². The fourth-order valence-corrected chi connectivity index (χ4v) is 6.60. The Morgan fingerprint density at radius 2 is 1.74 bits per heavy atom. The molecule has 4 unspecified atom stereocenters. The van der Waals surface area contributed by atoms with Crippen molar-refractivity contribution >= 4 is 42.8 Å². The Morgan fingerprint density at radius 1 is 1.05 bits per heavy atom. The minimum absolute atomic E-state index is 0.0713. The zero-order valence-corrected chi connectivity index (χ0v) is 26.9. The third kappa shape index (κ3) is 7.91. The Morgan fingerprint density at radius 3 is 2.44 bits per heavy atom. The first-order valence-corrected chi connectivity index (χ1v) is 18.1. The number of hydrogen-bond acceptors (Lipinski definition) is 5. The summed E-state index contributed by atoms with van der Waals surface area (Å²) in [6.07, 6.45) is 6.57. The molecule has 0 aliphatic carbocycles. The minimum Gasteiger partial charge on any atom is -0.481 e. The van der Waals surface area contributed by atoms with Crippen molar-refractivity contribution in [2.75, 3.05) is 6.61 Å². The molecular weight excluding hydrogens is 562 g/mol. The van der Waals surface area contributed by atoms with Gasteiger partial charge in [-0.3, -0.25) is 19.2 Å². The van der Waals surface area contributed by atoms with E-state index < -0.39 is 32.4 Å². The van der Waals surface area contributed by atoms with Crippen LogP contribution in [0.3, 0.4) is 0 Å². The van der Waals surface area contributed by atoms with E-state index in [1.807, 2.05) is 48.6 Å². The first-order chi connectivity index (χ1) is 20.3. The van der Waals surface area contributed by atoms with Crippen molar-refractivity contribution in [3.05, 3.63) is 60.2 Å². The Labute approximate surface area is 255 Å². The quantitative estimate of drug-likeness (QED) is 0.272. The summed E-state index contributed by atoms with van der Waals surface area (Å²) in [6.45, 7) is 10.6. The molecule has 0 radical (unpaired) electrons. The number of carbonyl (C=O) groups excluding carboxylic acids is 3. The summed E-state index contributed by atoms with van der Waals surface area (Å²) >= 11 is 0. The number of carboxylic acid groups (broad SMARTS) is 1. The number of aliphatic carboxylic acids is 1. The van der Waals surface area contributed by atoms with Gasteiger partial charge in [0.1, 0.15) is 12.1 Å². The molecule has 0 aromatic heterocycles. The first kappa shape index (κ1) is 32.4. The minimum atomic E-state index is -2.19. The fraction of sp³-hybridized carbons (Fsp3) is 0.515. The lowest BCUT2D eigenvalue weighted by Gasteiger charge is -2.44. The largest absolute Gasteiger partial charge is 0.481 e. The van der Waals surface area contributed by atoms with Crippen LogP contribution in [0.25, 0.3) is 10.8 Å². The van der Waals surface area contributed by atoms with Crippen LogP contribution in [0.15, 0.2) is 54.6 Å². The van der Waals surface area contributed by atoms with E-state index in [-0.39, 0.29) is 41.8 Å². The molecule has 3 N–H and O–H groups in total. The summed E-state index contributed by atoms with van der Waals surface area (Å²) < 4.78 is 6.26. The van der Waals surface area contributed by atoms with Gasteiger partial charge in [-0.25, -0.2) is 0 Å². The molecule has 4 rings (SSSR count). The third-order valence-corrected chi connectivity index (χ3v) is 13.6. The number of nitrogens with one attached hydrogen (secondary N) is 2. The Bertz CT molecular complexity index is 1380. The zero-order valence-electron chi connectivity index (χ0n) is 25.9. The molecular formula is C33H45N3O6Si. The average molecular weight is 608 g/mol. The molecule has 43 heavy (non-hydrogen) atoms. The van der Waals surface area contributed by atoms with Crippen molar-refractivity contribution in [3.8, 4) is 0 Å². The molecule has 2 aromatic rings. The van der Waals surface area contributed by atoms with Crippen LogP contribution in [0.1, 0.15) is 69.7 Å². The highest BCUT2D eigenvalue weighted by Crippen LogP contribution is 2.36. The number of hydrogen-bond donors (Lipinski definition) is 3. The van der Waals surface area contributed by atoms with E-state index in [1.165, 1.54) is 0 Å². The van der Waals surface area contributed by atoms with Crippen molar-refractivity contribution in [1.82, 2.24) is 15.5 Å². The Balaban J connectivity index is 1.51. The van der Waals surface area contributed by atoms with Gasteiger partial charge in [0.25, 0.3) is 5.91 Å². The van der Waals surface area contributed by atoms with Crippen LogP contribution in [0, 0.1) is 0 Å². The van der Waals surface area contributed by atoms with Crippen LogP contribution in [0.2, 0.25) is 18.1 Å². The van der Waals surface area contributed by atoms with Crippen LogP contribution in [-0.2, 0) is 18.8 Å². The van der Waals surface area contributed by atoms with Crippen molar-refractivity contribution in [2.45, 2.75) is 102 Å². The Hall–Kier alpha value is -3.50. The molecule has 1 saturated heterocycles. The molecule has 0 spiro atoms. The van der Waals surface area contributed by atoms with E-state index in [2.05, 4.69) is 44.5 Å². The number of benzene rings is 2. The molecule has 0 saturated carbocycles. The fourth-order valence-electron chi connectivity index (χ4n) is 5.55. The molecule has 3 amide bonds. The number of rotatable bonds is 9. The second-order valence-electron chi connectivity index (χ2n) is 13.3. The highest BCUT2D eigenvalue weighted by Gasteiger charge is 2.42. The van der Waals surface area contributed by atoms with E-state index in [0.29, 0.717) is 24.8 Å². The number of carboxylic acids is 1. The van der Waals surface area contributed by atoms with E-state index >= 15 is 0 Å². The number of amides is 3. The summed E-state index contributed by atoms with van der Waals surface area (Å²) in [5.41, 5.74) is 0.459. The smallest absolute Gasteiger partial charge is 0.305 e. The second-order valence-corrected chi connectivity index (χ2v) is 18.1. The van der Waals surface area contributed by atoms with E-state index in [4.69, 9.17) is 4.43 Å². The lowest BCUT2D eigenvalue weighted by molar-refractivity contribution is -0.148. The number of carbonyl (C=O) groups is 4. The molecule has 2 heterocycles. The molecule has 0 bridgehead atoms. The average Bonchev–Trinajstić information content (AvgIpc) is 2.94. The third-order valence-electron chi connectivity index (χ3n) is 9.08. The van der Waals surface area contributed by atoms with Gasteiger partial charge in [0.15, 0.2) is 8.32 Å². The SMILES string of the molecule is CC(C)(C)[Si](C)(C)OCC(CC(=O)O)NC(=O)C1CCCC2CC=CCC(NC(=O)c3ccc4ccccc4c3)C(=O)N21. The summed E-state index contributed by atoms with van der Waals surface area (Å²) in [6, 6.07) is 10.7. The van der Waals surface area contributed by atoms with Crippen molar-refractivity contribution in [2.24, 2.45) is 0 Å². The lowest BCUT2D eigenvalue weighted by atomic mass is 9.90. The predicted octanol–water partition coefficient (Wildman–Crippen LogP) is 5.02.